The number of aliphatic hydroxyl groups is 2. The molecule has 0 fully saturated rings. The van der Waals surface area contributed by atoms with Crippen molar-refractivity contribution < 1.29 is 24.7 Å². The van der Waals surface area contributed by atoms with Gasteiger partial charge >= 0.3 is 0 Å². The number of carbonyl (C=O) groups excluding carboxylic acids is 1. The highest BCUT2D eigenvalue weighted by Crippen LogP contribution is 2.43. The van der Waals surface area contributed by atoms with Crippen molar-refractivity contribution >= 4 is 22.8 Å². The third kappa shape index (κ3) is 6.58. The van der Waals surface area contributed by atoms with Crippen molar-refractivity contribution in [3.63, 3.8) is 0 Å². The fourth-order valence-corrected chi connectivity index (χ4v) is 5.09. The monoisotopic (exact) mass is 521 g/mol. The van der Waals surface area contributed by atoms with Crippen LogP contribution in [-0.2, 0) is 4.79 Å². The van der Waals surface area contributed by atoms with Crippen LogP contribution in [0.4, 0.5) is 5.69 Å². The summed E-state index contributed by atoms with van der Waals surface area (Å²) >= 11 is 0. The number of nitrogens with zero attached hydrogens (tertiary/aromatic N) is 2. The Bertz CT molecular complexity index is 1200. The lowest BCUT2D eigenvalue weighted by molar-refractivity contribution is -0.538. The van der Waals surface area contributed by atoms with E-state index in [0.29, 0.717) is 34.8 Å². The molecule has 0 unspecified atom stereocenters. The second-order valence-corrected chi connectivity index (χ2v) is 12.2. The van der Waals surface area contributed by atoms with Crippen LogP contribution < -0.4 is 4.90 Å². The van der Waals surface area contributed by atoms with Gasteiger partial charge in [0.2, 0.25) is 11.5 Å². The maximum absolute atomic E-state index is 13.2. The number of aromatic hydroxyl groups is 1. The summed E-state index contributed by atoms with van der Waals surface area (Å²) < 4.78 is 2.23. The lowest BCUT2D eigenvalue weighted by Gasteiger charge is -2.29. The number of hydrogen-bond acceptors (Lipinski definition) is 5. The zero-order chi connectivity index (χ0) is 28.3. The van der Waals surface area contributed by atoms with E-state index < -0.39 is 5.78 Å². The molecule has 0 saturated heterocycles. The molecule has 0 aliphatic heterocycles. The van der Waals surface area contributed by atoms with Crippen LogP contribution in [-0.4, -0.2) is 57.6 Å². The normalized spacial score (nSPS) is 17.7. The first-order chi connectivity index (χ1) is 17.8. The van der Waals surface area contributed by atoms with Crippen LogP contribution in [0.1, 0.15) is 61.0 Å². The Morgan fingerprint density at radius 2 is 1.37 bits per heavy atom. The van der Waals surface area contributed by atoms with Gasteiger partial charge in [-0.1, -0.05) is 55.4 Å². The topological polar surface area (TPSA) is 84.0 Å². The minimum absolute atomic E-state index is 0.0495. The maximum Gasteiger partial charge on any atom is 0.203 e. The predicted molar refractivity (Wildman–Crippen MR) is 156 cm³/mol. The van der Waals surface area contributed by atoms with Crippen molar-refractivity contribution in [2.75, 3.05) is 31.1 Å². The molecule has 6 heteroatoms. The van der Waals surface area contributed by atoms with E-state index in [4.69, 9.17) is 0 Å². The standard InChI is InChI=1S/C32H44N2O4/c1-19(2)15-33(16-20(3)4)23-9-11-25(27(35)13-23)29-31(37)30(32(29)38)26-12-10-24(14-28(26)36)34(17-21(5)6)18-22(7)8/h9-14,19-22H,15-18H2,1-8H3,(H2,35,36,37,38)/p+1. The molecule has 0 spiro atoms. The quantitative estimate of drug-likeness (QED) is 0.244. The minimum atomic E-state index is -0.393. The first kappa shape index (κ1) is 29.3. The highest BCUT2D eigenvalue weighted by atomic mass is 16.3. The van der Waals surface area contributed by atoms with E-state index >= 15 is 0 Å². The molecular formula is C32H45N2O4+. The van der Waals surface area contributed by atoms with Gasteiger partial charge in [-0.25, -0.2) is 4.58 Å². The highest BCUT2D eigenvalue weighted by Gasteiger charge is 2.39. The summed E-state index contributed by atoms with van der Waals surface area (Å²) in [5.74, 6) is 1.12. The van der Waals surface area contributed by atoms with Crippen molar-refractivity contribution in [3.8, 4) is 5.75 Å². The van der Waals surface area contributed by atoms with Gasteiger partial charge in [0.25, 0.3) is 0 Å². The van der Waals surface area contributed by atoms with Gasteiger partial charge in [0.1, 0.15) is 30.4 Å². The smallest absolute Gasteiger partial charge is 0.203 e. The zero-order valence-corrected chi connectivity index (χ0v) is 24.2. The van der Waals surface area contributed by atoms with Gasteiger partial charge in [0.05, 0.1) is 17.2 Å². The Kier molecular flexibility index (Phi) is 9.29. The molecule has 0 aromatic heterocycles. The van der Waals surface area contributed by atoms with Crippen LogP contribution in [0.25, 0.3) is 5.57 Å². The molecule has 2 aliphatic carbocycles. The molecule has 1 aromatic rings. The number of ketones is 1. The largest absolute Gasteiger partial charge is 0.507 e. The minimum Gasteiger partial charge on any atom is -0.507 e. The summed E-state index contributed by atoms with van der Waals surface area (Å²) in [4.78, 5) is 15.4. The van der Waals surface area contributed by atoms with Crippen LogP contribution in [0.3, 0.4) is 0 Å². The van der Waals surface area contributed by atoms with Gasteiger partial charge < -0.3 is 20.2 Å². The summed E-state index contributed by atoms with van der Waals surface area (Å²) in [5, 5.41) is 32.6. The van der Waals surface area contributed by atoms with Crippen molar-refractivity contribution in [1.82, 2.24) is 0 Å². The fourth-order valence-electron chi connectivity index (χ4n) is 5.09. The third-order valence-electron chi connectivity index (χ3n) is 6.50. The van der Waals surface area contributed by atoms with Crippen molar-refractivity contribution in [2.45, 2.75) is 55.4 Å². The van der Waals surface area contributed by atoms with Crippen molar-refractivity contribution in [2.24, 2.45) is 23.7 Å². The maximum atomic E-state index is 13.2. The molecule has 2 aliphatic rings. The number of aliphatic hydroxyl groups excluding tert-OH is 2. The second kappa shape index (κ2) is 12.1. The number of anilines is 1. The Balaban J connectivity index is 1.95. The molecule has 6 nitrogen and oxygen atoms in total. The number of rotatable bonds is 10. The van der Waals surface area contributed by atoms with Gasteiger partial charge in [-0.15, -0.1) is 0 Å². The lowest BCUT2D eigenvalue weighted by atomic mass is 9.79. The van der Waals surface area contributed by atoms with Crippen LogP contribution in [0.15, 0.2) is 59.1 Å². The van der Waals surface area contributed by atoms with Crippen LogP contribution in [0, 0.1) is 23.7 Å². The van der Waals surface area contributed by atoms with E-state index in [2.05, 4.69) is 64.9 Å². The Morgan fingerprint density at radius 1 is 0.789 bits per heavy atom. The number of allylic oxidation sites excluding steroid dienone is 5. The predicted octanol–water partition coefficient (Wildman–Crippen LogP) is 6.44. The van der Waals surface area contributed by atoms with Gasteiger partial charge in [0.15, 0.2) is 0 Å². The fraction of sp³-hybridized carbons (Fsp3) is 0.500. The SMILES string of the molecule is CC(C)CN(CC(C)C)c1ccc(C2=C(O)C(=C3C=CC(=[N+](CC(C)C)CC(C)C)C=C3O)C2=O)c(O)c1. The molecule has 0 radical (unpaired) electrons. The lowest BCUT2D eigenvalue weighted by Crippen LogP contribution is -2.31. The molecule has 0 heterocycles. The number of hydrogen-bond donors (Lipinski definition) is 3. The first-order valence-electron chi connectivity index (χ1n) is 13.8. The van der Waals surface area contributed by atoms with Crippen LogP contribution >= 0.6 is 0 Å². The van der Waals surface area contributed by atoms with Gasteiger partial charge in [0, 0.05) is 53.9 Å². The molecule has 0 bridgehead atoms. The molecule has 1 aromatic carbocycles. The molecule has 0 amide bonds. The number of phenols is 1. The average Bonchev–Trinajstić information content (AvgIpc) is 2.79. The summed E-state index contributed by atoms with van der Waals surface area (Å²) in [6.07, 6.45) is 5.24. The van der Waals surface area contributed by atoms with Gasteiger partial charge in [-0.05, 0) is 30.0 Å². The average molecular weight is 522 g/mol. The molecule has 0 atom stereocenters. The molecule has 206 valence electrons. The first-order valence-corrected chi connectivity index (χ1v) is 13.8. The number of Topliss-reactive ketones (excluding diaryl/α,β-unsaturated/α-hetero) is 1. The molecule has 38 heavy (non-hydrogen) atoms. The van der Waals surface area contributed by atoms with Crippen molar-refractivity contribution in [3.05, 3.63) is 64.7 Å². The summed E-state index contributed by atoms with van der Waals surface area (Å²) in [6.45, 7) is 20.6. The summed E-state index contributed by atoms with van der Waals surface area (Å²) in [6, 6.07) is 5.24. The second-order valence-electron chi connectivity index (χ2n) is 12.2. The summed E-state index contributed by atoms with van der Waals surface area (Å²) in [7, 11) is 0. The van der Waals surface area contributed by atoms with E-state index in [9.17, 15) is 20.1 Å². The van der Waals surface area contributed by atoms with Gasteiger partial charge in [-0.2, -0.15) is 0 Å². The van der Waals surface area contributed by atoms with E-state index in [0.717, 1.165) is 37.6 Å². The molecule has 3 N–H and O–H groups in total. The Labute approximate surface area is 228 Å². The van der Waals surface area contributed by atoms with E-state index in [1.54, 1.807) is 24.3 Å². The molecule has 0 saturated carbocycles. The zero-order valence-electron chi connectivity index (χ0n) is 24.2. The van der Waals surface area contributed by atoms with Crippen molar-refractivity contribution in [1.29, 1.82) is 0 Å². The third-order valence-corrected chi connectivity index (χ3v) is 6.50. The van der Waals surface area contributed by atoms with E-state index in [1.807, 2.05) is 12.1 Å². The molecule has 3 rings (SSSR count). The number of carbonyl (C=O) groups is 1. The van der Waals surface area contributed by atoms with E-state index in [-0.39, 0.29) is 28.4 Å². The Morgan fingerprint density at radius 3 is 1.82 bits per heavy atom. The van der Waals surface area contributed by atoms with E-state index in [1.165, 1.54) is 0 Å². The van der Waals surface area contributed by atoms with Crippen LogP contribution in [0.2, 0.25) is 0 Å². The summed E-state index contributed by atoms with van der Waals surface area (Å²) in [5.41, 5.74) is 2.51. The Hall–Kier alpha value is -3.28. The number of benzene rings is 1. The number of phenolic OH excluding ortho intramolecular Hbond substituents is 1. The van der Waals surface area contributed by atoms with Crippen LogP contribution in [0.5, 0.6) is 5.75 Å². The molecular weight excluding hydrogens is 476 g/mol. The van der Waals surface area contributed by atoms with Gasteiger partial charge in [-0.3, -0.25) is 4.79 Å². The highest BCUT2D eigenvalue weighted by molar-refractivity contribution is 6.40.